The van der Waals surface area contributed by atoms with Gasteiger partial charge in [-0.3, -0.25) is 0 Å². The van der Waals surface area contributed by atoms with Crippen molar-refractivity contribution in [3.05, 3.63) is 23.5 Å². The van der Waals surface area contributed by atoms with Crippen molar-refractivity contribution in [1.29, 1.82) is 0 Å². The summed E-state index contributed by atoms with van der Waals surface area (Å²) in [6, 6.07) is 2.92. The molecule has 0 radical (unpaired) electrons. The molecule has 0 amide bonds. The third kappa shape index (κ3) is 9.21. The Bertz CT molecular complexity index is 593. The molecule has 0 aromatic carbocycles. The summed E-state index contributed by atoms with van der Waals surface area (Å²) in [7, 11) is 0. The minimum atomic E-state index is -0.664. The third-order valence-electron chi connectivity index (χ3n) is 3.90. The minimum absolute atomic E-state index is 0.0226. The van der Waals surface area contributed by atoms with Gasteiger partial charge >= 0.3 is 11.9 Å². The van der Waals surface area contributed by atoms with Gasteiger partial charge < -0.3 is 28.4 Å². The van der Waals surface area contributed by atoms with Crippen LogP contribution in [0.3, 0.4) is 0 Å². The molecule has 0 unspecified atom stereocenters. The summed E-state index contributed by atoms with van der Waals surface area (Å²) in [6.45, 7) is 4.75. The number of unbranched alkanes of at least 4 members (excludes halogenated alkanes) is 2. The first-order chi connectivity index (χ1) is 14.2. The Hall–Kier alpha value is -2.23. The van der Waals surface area contributed by atoms with Gasteiger partial charge in [0.15, 0.2) is 11.4 Å². The molecule has 2 rings (SSSR count). The first kappa shape index (κ1) is 23.1. The normalized spacial score (nSPS) is 17.6. The largest absolute Gasteiger partial charge is 0.493 e. The zero-order valence-corrected chi connectivity index (χ0v) is 16.9. The van der Waals surface area contributed by atoms with Crippen molar-refractivity contribution in [1.82, 2.24) is 4.98 Å². The van der Waals surface area contributed by atoms with Crippen LogP contribution in [0.5, 0.6) is 5.75 Å². The van der Waals surface area contributed by atoms with Crippen LogP contribution in [-0.4, -0.2) is 76.4 Å². The molecule has 1 aromatic rings. The van der Waals surface area contributed by atoms with Crippen molar-refractivity contribution in [2.75, 3.05) is 59.5 Å². The maximum atomic E-state index is 12.3. The van der Waals surface area contributed by atoms with E-state index in [-0.39, 0.29) is 37.8 Å². The fourth-order valence-corrected chi connectivity index (χ4v) is 2.42. The molecule has 1 aliphatic rings. The van der Waals surface area contributed by atoms with Crippen LogP contribution < -0.4 is 4.74 Å². The van der Waals surface area contributed by atoms with Gasteiger partial charge in [0.25, 0.3) is 0 Å². The van der Waals surface area contributed by atoms with Crippen molar-refractivity contribution in [2.24, 2.45) is 0 Å². The summed E-state index contributed by atoms with van der Waals surface area (Å²) in [5.74, 6) is -0.959. The van der Waals surface area contributed by atoms with Crippen LogP contribution in [-0.2, 0) is 23.7 Å². The van der Waals surface area contributed by atoms with Crippen LogP contribution in [0.15, 0.2) is 12.1 Å². The van der Waals surface area contributed by atoms with E-state index < -0.39 is 11.9 Å². The number of aromatic nitrogens is 1. The number of nitrogens with zero attached hydrogens (tertiary/aromatic N) is 1. The summed E-state index contributed by atoms with van der Waals surface area (Å²) in [6.07, 6.45) is 2.96. The van der Waals surface area contributed by atoms with Crippen LogP contribution in [0.25, 0.3) is 0 Å². The molecule has 0 spiro atoms. The molecule has 0 N–H and O–H groups in total. The van der Waals surface area contributed by atoms with Crippen molar-refractivity contribution in [2.45, 2.75) is 26.2 Å². The van der Waals surface area contributed by atoms with Crippen molar-refractivity contribution in [3.63, 3.8) is 0 Å². The number of carbonyl (C=O) groups excluding carboxylic acids is 2. The van der Waals surface area contributed by atoms with Gasteiger partial charge in [0.2, 0.25) is 0 Å². The van der Waals surface area contributed by atoms with Crippen molar-refractivity contribution in [3.8, 4) is 5.75 Å². The summed E-state index contributed by atoms with van der Waals surface area (Å²) in [5, 5.41) is 0. The number of cyclic esters (lactones) is 2. The van der Waals surface area contributed by atoms with Gasteiger partial charge in [-0.1, -0.05) is 19.8 Å². The van der Waals surface area contributed by atoms with E-state index in [4.69, 9.17) is 28.4 Å². The van der Waals surface area contributed by atoms with Crippen molar-refractivity contribution >= 4 is 11.9 Å². The predicted octanol–water partition coefficient (Wildman–Crippen LogP) is 2.03. The SMILES string of the molecule is CCCCCOc1cc2nc(c1)C(=O)OCCOCCOCCOCCOC2=O. The molecule has 9 heteroatoms. The van der Waals surface area contributed by atoms with Gasteiger partial charge in [-0.2, -0.15) is 0 Å². The molecule has 162 valence electrons. The Morgan fingerprint density at radius 2 is 1.28 bits per heavy atom. The molecule has 9 nitrogen and oxygen atoms in total. The van der Waals surface area contributed by atoms with E-state index in [2.05, 4.69) is 11.9 Å². The molecule has 0 saturated carbocycles. The van der Waals surface area contributed by atoms with Crippen LogP contribution in [0, 0.1) is 0 Å². The van der Waals surface area contributed by atoms with Gasteiger partial charge in [0.05, 0.1) is 46.2 Å². The molecule has 1 aliphatic heterocycles. The highest BCUT2D eigenvalue weighted by Gasteiger charge is 2.18. The zero-order valence-electron chi connectivity index (χ0n) is 16.9. The summed E-state index contributed by atoms with van der Waals surface area (Å²) in [5.41, 5.74) is -0.0451. The van der Waals surface area contributed by atoms with E-state index in [0.717, 1.165) is 19.3 Å². The Balaban J connectivity index is 2.08. The Labute approximate surface area is 170 Å². The zero-order chi connectivity index (χ0) is 20.7. The Morgan fingerprint density at radius 3 is 1.76 bits per heavy atom. The lowest BCUT2D eigenvalue weighted by Gasteiger charge is -2.12. The van der Waals surface area contributed by atoms with E-state index in [1.807, 2.05) is 0 Å². The predicted molar refractivity (Wildman–Crippen MR) is 102 cm³/mol. The van der Waals surface area contributed by atoms with Gasteiger partial charge in [0.1, 0.15) is 19.0 Å². The van der Waals surface area contributed by atoms with E-state index in [1.165, 1.54) is 12.1 Å². The van der Waals surface area contributed by atoms with Gasteiger partial charge in [-0.15, -0.1) is 0 Å². The van der Waals surface area contributed by atoms with Gasteiger partial charge in [-0.05, 0) is 6.42 Å². The van der Waals surface area contributed by atoms with E-state index in [1.54, 1.807) is 0 Å². The van der Waals surface area contributed by atoms with Gasteiger partial charge in [-0.25, -0.2) is 14.6 Å². The second kappa shape index (κ2) is 13.9. The number of esters is 2. The van der Waals surface area contributed by atoms with Gasteiger partial charge in [0, 0.05) is 12.1 Å². The number of rotatable bonds is 5. The number of hydrogen-bond donors (Lipinski definition) is 0. The number of carbonyl (C=O) groups is 2. The fourth-order valence-electron chi connectivity index (χ4n) is 2.42. The smallest absolute Gasteiger partial charge is 0.357 e. The lowest BCUT2D eigenvalue weighted by atomic mass is 10.2. The molecule has 1 aromatic heterocycles. The molecule has 2 bridgehead atoms. The van der Waals surface area contributed by atoms with Crippen molar-refractivity contribution < 1.29 is 38.0 Å². The lowest BCUT2D eigenvalue weighted by Crippen LogP contribution is -2.18. The number of hydrogen-bond acceptors (Lipinski definition) is 9. The van der Waals surface area contributed by atoms with Crippen LogP contribution in [0.1, 0.15) is 47.2 Å². The average molecular weight is 411 g/mol. The number of fused-ring (bicyclic) bond motifs is 2. The maximum absolute atomic E-state index is 12.3. The second-order valence-corrected chi connectivity index (χ2v) is 6.24. The minimum Gasteiger partial charge on any atom is -0.493 e. The quantitative estimate of drug-likeness (QED) is 0.532. The molecule has 0 aliphatic carbocycles. The summed E-state index contributed by atoms with van der Waals surface area (Å²) in [4.78, 5) is 28.7. The van der Waals surface area contributed by atoms with E-state index in [0.29, 0.717) is 38.8 Å². The topological polar surface area (TPSA) is 102 Å². The average Bonchev–Trinajstić information content (AvgIpc) is 2.73. The standard InChI is InChI=1S/C20H29NO8/c1-2-3-4-5-27-16-14-17-19(22)28-12-10-25-8-6-24-7-9-26-11-13-29-20(23)18(15-16)21-17/h14-15H,2-13H2,1H3. The highest BCUT2D eigenvalue weighted by atomic mass is 16.6. The molecular weight excluding hydrogens is 382 g/mol. The molecule has 2 heterocycles. The molecular formula is C20H29NO8. The number of pyridine rings is 1. The first-order valence-electron chi connectivity index (χ1n) is 9.93. The van der Waals surface area contributed by atoms with E-state index >= 15 is 0 Å². The molecule has 29 heavy (non-hydrogen) atoms. The Morgan fingerprint density at radius 1 is 0.793 bits per heavy atom. The van der Waals surface area contributed by atoms with E-state index in [9.17, 15) is 9.59 Å². The van der Waals surface area contributed by atoms with Crippen LogP contribution >= 0.6 is 0 Å². The first-order valence-corrected chi connectivity index (χ1v) is 9.93. The third-order valence-corrected chi connectivity index (χ3v) is 3.90. The highest BCUT2D eigenvalue weighted by Crippen LogP contribution is 2.17. The number of ether oxygens (including phenoxy) is 6. The fraction of sp³-hybridized carbons (Fsp3) is 0.650. The molecule has 0 atom stereocenters. The maximum Gasteiger partial charge on any atom is 0.357 e. The van der Waals surface area contributed by atoms with Crippen LogP contribution in [0.2, 0.25) is 0 Å². The Kier molecular flexibility index (Phi) is 11.0. The molecule has 0 saturated heterocycles. The second-order valence-electron chi connectivity index (χ2n) is 6.24. The molecule has 0 fully saturated rings. The monoisotopic (exact) mass is 411 g/mol. The summed E-state index contributed by atoms with van der Waals surface area (Å²) >= 11 is 0. The highest BCUT2D eigenvalue weighted by molar-refractivity contribution is 5.92. The summed E-state index contributed by atoms with van der Waals surface area (Å²) < 4.78 is 32.0. The lowest BCUT2D eigenvalue weighted by molar-refractivity contribution is -0.00741. The van der Waals surface area contributed by atoms with Crippen LogP contribution in [0.4, 0.5) is 0 Å².